The molecule has 6 aromatic rings. The van der Waals surface area contributed by atoms with Crippen LogP contribution in [0.2, 0.25) is 0 Å². The predicted octanol–water partition coefficient (Wildman–Crippen LogP) is 8.28. The van der Waals surface area contributed by atoms with Crippen LogP contribution < -0.4 is 20.4 Å². The number of aromatic carboxylic acids is 1. The van der Waals surface area contributed by atoms with Gasteiger partial charge in [-0.3, -0.25) is 9.59 Å². The van der Waals surface area contributed by atoms with Gasteiger partial charge in [0.05, 0.1) is 42.7 Å². The maximum atomic E-state index is 12.9. The van der Waals surface area contributed by atoms with Crippen molar-refractivity contribution in [3.63, 3.8) is 0 Å². The summed E-state index contributed by atoms with van der Waals surface area (Å²) < 4.78 is 8.49. The third-order valence-electron chi connectivity index (χ3n) is 9.30. The van der Waals surface area contributed by atoms with E-state index in [2.05, 4.69) is 48.1 Å². The Bertz CT molecular complexity index is 2350. The van der Waals surface area contributed by atoms with Crippen molar-refractivity contribution >= 4 is 68.1 Å². The molecule has 59 heavy (non-hydrogen) atoms. The van der Waals surface area contributed by atoms with Gasteiger partial charge in [-0.1, -0.05) is 0 Å². The first kappa shape index (κ1) is 43.9. The number of methoxy groups -OCH3 is 1. The average molecular weight is 839 g/mol. The highest BCUT2D eigenvalue weighted by atomic mass is 32.1. The molecule has 4 heterocycles. The Morgan fingerprint density at radius 1 is 0.661 bits per heavy atom. The molecule has 2 aromatic carbocycles. The van der Waals surface area contributed by atoms with Crippen molar-refractivity contribution in [1.29, 1.82) is 0 Å². The molecule has 0 unspecified atom stereocenters. The minimum absolute atomic E-state index is 0.176. The van der Waals surface area contributed by atoms with E-state index in [1.54, 1.807) is 59.1 Å². The minimum atomic E-state index is -1.00. The molecule has 0 aliphatic heterocycles. The lowest BCUT2D eigenvalue weighted by Gasteiger charge is -2.16. The molecule has 0 spiro atoms. The molecule has 2 amide bonds. The van der Waals surface area contributed by atoms with Gasteiger partial charge < -0.3 is 39.4 Å². The second-order valence-electron chi connectivity index (χ2n) is 13.5. The minimum Gasteiger partial charge on any atom is -0.478 e. The van der Waals surface area contributed by atoms with E-state index in [9.17, 15) is 19.2 Å². The number of ether oxygens (including phenoxy) is 1. The van der Waals surface area contributed by atoms with Crippen molar-refractivity contribution in [2.45, 2.75) is 54.6 Å². The van der Waals surface area contributed by atoms with Crippen LogP contribution in [0.4, 0.5) is 21.6 Å². The summed E-state index contributed by atoms with van der Waals surface area (Å²) in [6.07, 6.45) is 3.88. The van der Waals surface area contributed by atoms with E-state index in [0.717, 1.165) is 59.0 Å². The number of aryl methyl sites for hydroxylation is 2. The van der Waals surface area contributed by atoms with Crippen LogP contribution in [0.3, 0.4) is 0 Å². The summed E-state index contributed by atoms with van der Waals surface area (Å²) in [4.78, 5) is 62.0. The number of amides is 2. The van der Waals surface area contributed by atoms with Crippen molar-refractivity contribution in [1.82, 2.24) is 19.1 Å². The van der Waals surface area contributed by atoms with Gasteiger partial charge in [0.25, 0.3) is 11.8 Å². The van der Waals surface area contributed by atoms with Gasteiger partial charge in [-0.2, -0.15) is 0 Å². The standard InChI is InChI=1S/C22H26N4O3S.C21H24N4O3S/c1-5-25(6-2)22-24-18(14-30-22)13-26-12-15(3)11-19(26)20(27)23-17-9-7-16(8-10-17)21(28)29-4;1-4-24(5-2)21-23-17(13-29-21)12-25-11-14(3)10-18(25)19(26)22-16-8-6-15(7-9-16)20(27)28/h7-12,14H,5-6,13H2,1-4H3,(H,23,27);6-11,13H,4-5,12H2,1-3H3,(H,22,26)(H,27,28). The monoisotopic (exact) mass is 838 g/mol. The smallest absolute Gasteiger partial charge is 0.337 e. The van der Waals surface area contributed by atoms with Gasteiger partial charge in [0.1, 0.15) is 11.4 Å². The lowest BCUT2D eigenvalue weighted by atomic mass is 10.2. The van der Waals surface area contributed by atoms with Crippen molar-refractivity contribution in [3.05, 3.63) is 129 Å². The van der Waals surface area contributed by atoms with Crippen LogP contribution in [-0.2, 0) is 17.8 Å². The van der Waals surface area contributed by atoms with Crippen molar-refractivity contribution in [2.24, 2.45) is 0 Å². The molecule has 0 atom stereocenters. The molecule has 16 heteroatoms. The topological polar surface area (TPSA) is 164 Å². The number of hydrogen-bond donors (Lipinski definition) is 3. The summed E-state index contributed by atoms with van der Waals surface area (Å²) in [7, 11) is 1.34. The van der Waals surface area contributed by atoms with Crippen LogP contribution in [0.1, 0.15) is 91.9 Å². The number of nitrogens with one attached hydrogen (secondary N) is 2. The van der Waals surface area contributed by atoms with E-state index < -0.39 is 11.9 Å². The Kier molecular flexibility index (Phi) is 15.2. The van der Waals surface area contributed by atoms with E-state index in [0.29, 0.717) is 41.4 Å². The third-order valence-corrected chi connectivity index (χ3v) is 11.2. The fourth-order valence-electron chi connectivity index (χ4n) is 6.22. The number of thiazole rings is 2. The Balaban J connectivity index is 0.000000224. The number of nitrogens with zero attached hydrogens (tertiary/aromatic N) is 6. The summed E-state index contributed by atoms with van der Waals surface area (Å²) in [6, 6.07) is 16.4. The first-order valence-corrected chi connectivity index (χ1v) is 21.0. The quantitative estimate of drug-likeness (QED) is 0.0809. The molecular weight excluding hydrogens is 789 g/mol. The summed E-state index contributed by atoms with van der Waals surface area (Å²) >= 11 is 3.22. The second kappa shape index (κ2) is 20.4. The Morgan fingerprint density at radius 2 is 1.05 bits per heavy atom. The van der Waals surface area contributed by atoms with Crippen LogP contribution in [0.15, 0.2) is 83.8 Å². The second-order valence-corrected chi connectivity index (χ2v) is 15.2. The van der Waals surface area contributed by atoms with Gasteiger partial charge in [-0.25, -0.2) is 19.6 Å². The molecule has 0 aliphatic rings. The van der Waals surface area contributed by atoms with E-state index in [-0.39, 0.29) is 17.4 Å². The number of carboxylic acid groups (broad SMARTS) is 1. The largest absolute Gasteiger partial charge is 0.478 e. The third kappa shape index (κ3) is 11.4. The first-order chi connectivity index (χ1) is 28.3. The number of aromatic nitrogens is 4. The summed E-state index contributed by atoms with van der Waals surface area (Å²) in [5, 5.41) is 20.7. The van der Waals surface area contributed by atoms with Gasteiger partial charge in [0.2, 0.25) is 0 Å². The molecule has 0 saturated carbocycles. The van der Waals surface area contributed by atoms with Gasteiger partial charge in [0.15, 0.2) is 10.3 Å². The zero-order valence-corrected chi connectivity index (χ0v) is 35.9. The highest BCUT2D eigenvalue weighted by molar-refractivity contribution is 7.14. The number of carbonyl (C=O) groups is 4. The highest BCUT2D eigenvalue weighted by Gasteiger charge is 2.18. The number of benzene rings is 2. The number of carboxylic acids is 1. The van der Waals surface area contributed by atoms with Crippen molar-refractivity contribution in [3.8, 4) is 0 Å². The molecule has 4 aromatic heterocycles. The number of rotatable bonds is 16. The van der Waals surface area contributed by atoms with Crippen molar-refractivity contribution < 1.29 is 29.0 Å². The highest BCUT2D eigenvalue weighted by Crippen LogP contribution is 2.24. The molecular formula is C43H50N8O6S2. The molecule has 310 valence electrons. The van der Waals surface area contributed by atoms with Crippen LogP contribution in [-0.4, -0.2) is 81.3 Å². The normalized spacial score (nSPS) is 10.7. The fourth-order valence-corrected chi connectivity index (χ4v) is 8.11. The molecule has 0 saturated heterocycles. The van der Waals surface area contributed by atoms with E-state index >= 15 is 0 Å². The van der Waals surface area contributed by atoms with E-state index in [1.807, 2.05) is 58.3 Å². The molecule has 0 aliphatic carbocycles. The summed E-state index contributed by atoms with van der Waals surface area (Å²) in [5.74, 6) is -1.88. The van der Waals surface area contributed by atoms with Crippen LogP contribution >= 0.6 is 22.7 Å². The Morgan fingerprint density at radius 3 is 1.41 bits per heavy atom. The number of anilines is 4. The Hall–Kier alpha value is -6.26. The molecule has 0 fully saturated rings. The number of esters is 1. The molecule has 0 bridgehead atoms. The van der Waals surface area contributed by atoms with Gasteiger partial charge in [-0.15, -0.1) is 22.7 Å². The lowest BCUT2D eigenvalue weighted by Crippen LogP contribution is -2.21. The molecule has 0 radical (unpaired) electrons. The zero-order valence-electron chi connectivity index (χ0n) is 34.3. The summed E-state index contributed by atoms with van der Waals surface area (Å²) in [5.41, 5.74) is 6.66. The van der Waals surface area contributed by atoms with Crippen molar-refractivity contribution in [2.75, 3.05) is 53.7 Å². The van der Waals surface area contributed by atoms with Gasteiger partial charge in [0, 0.05) is 60.7 Å². The Labute approximate surface area is 352 Å². The summed E-state index contributed by atoms with van der Waals surface area (Å²) in [6.45, 7) is 17.0. The molecule has 6 rings (SSSR count). The van der Waals surface area contributed by atoms with Gasteiger partial charge in [-0.05, 0) is 113 Å². The van der Waals surface area contributed by atoms with E-state index in [4.69, 9.17) is 19.8 Å². The fraction of sp³-hybridized carbons (Fsp3) is 0.302. The predicted molar refractivity (Wildman–Crippen MR) is 235 cm³/mol. The molecule has 14 nitrogen and oxygen atoms in total. The average Bonchev–Trinajstić information content (AvgIpc) is 4.04. The van der Waals surface area contributed by atoms with E-state index in [1.165, 1.54) is 19.2 Å². The van der Waals surface area contributed by atoms with Gasteiger partial charge >= 0.3 is 11.9 Å². The number of carbonyl (C=O) groups excluding carboxylic acids is 3. The first-order valence-electron chi connectivity index (χ1n) is 19.2. The zero-order chi connectivity index (χ0) is 42.6. The maximum Gasteiger partial charge on any atom is 0.337 e. The number of hydrogen-bond acceptors (Lipinski definition) is 11. The lowest BCUT2D eigenvalue weighted by molar-refractivity contribution is 0.0599. The molecule has 3 N–H and O–H groups in total. The van der Waals surface area contributed by atoms with Crippen LogP contribution in [0.25, 0.3) is 0 Å². The van der Waals surface area contributed by atoms with Crippen LogP contribution in [0.5, 0.6) is 0 Å². The SMILES string of the molecule is CCN(CC)c1nc(Cn2cc(C)cc2C(=O)Nc2ccc(C(=O)O)cc2)cs1.CCN(CC)c1nc(Cn2cc(C)cc2C(=O)Nc2ccc(C(=O)OC)cc2)cs1. The van der Waals surface area contributed by atoms with Crippen LogP contribution in [0, 0.1) is 13.8 Å². The maximum absolute atomic E-state index is 12.9.